The molecule has 11 heteroatoms. The third-order valence-corrected chi connectivity index (χ3v) is 7.37. The van der Waals surface area contributed by atoms with E-state index in [0.29, 0.717) is 37.0 Å². The Morgan fingerprint density at radius 1 is 1.25 bits per heavy atom. The highest BCUT2D eigenvalue weighted by Crippen LogP contribution is 2.29. The molecule has 170 valence electrons. The van der Waals surface area contributed by atoms with Gasteiger partial charge in [-0.05, 0) is 37.6 Å². The Bertz CT molecular complexity index is 1250. The van der Waals surface area contributed by atoms with Crippen molar-refractivity contribution >= 4 is 33.0 Å². The number of carbonyl (C=O) groups excluding carboxylic acids is 1. The summed E-state index contributed by atoms with van der Waals surface area (Å²) in [4.78, 5) is 18.9. The van der Waals surface area contributed by atoms with E-state index in [0.717, 1.165) is 11.3 Å². The van der Waals surface area contributed by atoms with Gasteiger partial charge in [-0.1, -0.05) is 6.07 Å². The molecule has 1 aliphatic rings. The fraction of sp³-hybridized carbons (Fsp3) is 0.333. The second-order valence-electron chi connectivity index (χ2n) is 7.56. The number of nitrogens with zero attached hydrogens (tertiary/aromatic N) is 3. The highest BCUT2D eigenvalue weighted by molar-refractivity contribution is 7.92. The van der Waals surface area contributed by atoms with Crippen molar-refractivity contribution in [2.24, 2.45) is 0 Å². The van der Waals surface area contributed by atoms with Crippen LogP contribution >= 0.6 is 11.3 Å². The predicted molar refractivity (Wildman–Crippen MR) is 120 cm³/mol. The zero-order valence-electron chi connectivity index (χ0n) is 17.7. The number of hydrogen-bond acceptors (Lipinski definition) is 6. The van der Waals surface area contributed by atoms with Crippen molar-refractivity contribution in [1.82, 2.24) is 14.5 Å². The first-order valence-electron chi connectivity index (χ1n) is 10.00. The van der Waals surface area contributed by atoms with Crippen LogP contribution in [0, 0.1) is 19.7 Å². The summed E-state index contributed by atoms with van der Waals surface area (Å²) in [6, 6.07) is 5.66. The van der Waals surface area contributed by atoms with E-state index < -0.39 is 15.8 Å². The first-order valence-corrected chi connectivity index (χ1v) is 12.4. The number of hydrogen-bond donors (Lipinski definition) is 1. The van der Waals surface area contributed by atoms with Gasteiger partial charge in [0.15, 0.2) is 0 Å². The van der Waals surface area contributed by atoms with Crippen LogP contribution in [0.1, 0.15) is 11.3 Å². The minimum atomic E-state index is -4.09. The monoisotopic (exact) mass is 478 g/mol. The molecule has 1 N–H and O–H groups in total. The van der Waals surface area contributed by atoms with Crippen molar-refractivity contribution in [2.45, 2.75) is 25.3 Å². The molecule has 32 heavy (non-hydrogen) atoms. The van der Waals surface area contributed by atoms with Gasteiger partial charge in [-0.2, -0.15) is 0 Å². The zero-order chi connectivity index (χ0) is 22.9. The van der Waals surface area contributed by atoms with E-state index in [1.165, 1.54) is 35.7 Å². The molecule has 0 spiro atoms. The molecule has 0 unspecified atom stereocenters. The molecule has 1 aliphatic heterocycles. The largest absolute Gasteiger partial charge is 0.378 e. The van der Waals surface area contributed by atoms with Crippen LogP contribution in [0.3, 0.4) is 0 Å². The Morgan fingerprint density at radius 2 is 2.00 bits per heavy atom. The van der Waals surface area contributed by atoms with Gasteiger partial charge in [0, 0.05) is 30.4 Å². The molecule has 3 heterocycles. The molecule has 8 nitrogen and oxygen atoms in total. The standard InChI is InChI=1S/C21H23FN4O4S2/c1-14-3-4-17(22)18(9-14)24-32(28,29)16-10-19(21-23-15(2)13-31-21)26(11-16)12-20(27)25-5-7-30-8-6-25/h3-4,9-11,13,24H,5-8,12H2,1-2H3. The number of sulfonamides is 1. The van der Waals surface area contributed by atoms with Crippen molar-refractivity contribution in [3.8, 4) is 10.7 Å². The van der Waals surface area contributed by atoms with Gasteiger partial charge in [0.05, 0.1) is 24.6 Å². The number of thiazole rings is 1. The maximum Gasteiger partial charge on any atom is 0.263 e. The fourth-order valence-corrected chi connectivity index (χ4v) is 5.32. The average Bonchev–Trinajstić information content (AvgIpc) is 3.38. The van der Waals surface area contributed by atoms with Crippen molar-refractivity contribution in [3.05, 3.63) is 52.9 Å². The van der Waals surface area contributed by atoms with Gasteiger partial charge >= 0.3 is 0 Å². The molecule has 1 fully saturated rings. The molecule has 0 radical (unpaired) electrons. The fourth-order valence-electron chi connectivity index (χ4n) is 3.39. The summed E-state index contributed by atoms with van der Waals surface area (Å²) in [6.45, 7) is 5.47. The summed E-state index contributed by atoms with van der Waals surface area (Å²) < 4.78 is 49.4. The Hall–Kier alpha value is -2.76. The molecular weight excluding hydrogens is 455 g/mol. The van der Waals surface area contributed by atoms with Crippen LogP contribution in [0.4, 0.5) is 10.1 Å². The van der Waals surface area contributed by atoms with Gasteiger partial charge in [-0.3, -0.25) is 9.52 Å². The molecule has 0 saturated carbocycles. The van der Waals surface area contributed by atoms with Crippen LogP contribution in [-0.2, 0) is 26.1 Å². The summed E-state index contributed by atoms with van der Waals surface area (Å²) in [5.74, 6) is -0.808. The highest BCUT2D eigenvalue weighted by Gasteiger charge is 2.24. The number of halogens is 1. The summed E-state index contributed by atoms with van der Waals surface area (Å²) in [5, 5.41) is 2.45. The molecule has 0 bridgehead atoms. The van der Waals surface area contributed by atoms with Crippen molar-refractivity contribution < 1.29 is 22.3 Å². The number of benzene rings is 1. The normalized spacial score (nSPS) is 14.5. The molecule has 1 aromatic carbocycles. The average molecular weight is 479 g/mol. The van der Waals surface area contributed by atoms with Gasteiger partial charge in [-0.15, -0.1) is 11.3 Å². The number of aromatic nitrogens is 2. The third-order valence-electron chi connectivity index (χ3n) is 5.06. The Labute approximate surface area is 189 Å². The first-order chi connectivity index (χ1) is 15.2. The number of aryl methyl sites for hydroxylation is 2. The molecule has 1 saturated heterocycles. The van der Waals surface area contributed by atoms with Crippen LogP contribution in [0.25, 0.3) is 10.7 Å². The highest BCUT2D eigenvalue weighted by atomic mass is 32.2. The number of rotatable bonds is 6. The van der Waals surface area contributed by atoms with Gasteiger partial charge in [0.25, 0.3) is 10.0 Å². The van der Waals surface area contributed by atoms with E-state index in [-0.39, 0.29) is 23.0 Å². The van der Waals surface area contributed by atoms with Crippen LogP contribution in [-0.4, -0.2) is 55.1 Å². The summed E-state index contributed by atoms with van der Waals surface area (Å²) >= 11 is 1.36. The topological polar surface area (TPSA) is 93.5 Å². The SMILES string of the molecule is Cc1ccc(F)c(NS(=O)(=O)c2cc(-c3nc(C)cs3)n(CC(=O)N3CCOCC3)c2)c1. The van der Waals surface area contributed by atoms with Crippen molar-refractivity contribution in [2.75, 3.05) is 31.0 Å². The van der Waals surface area contributed by atoms with Crippen molar-refractivity contribution in [3.63, 3.8) is 0 Å². The third kappa shape index (κ3) is 4.84. The van der Waals surface area contributed by atoms with Crippen LogP contribution < -0.4 is 4.72 Å². The predicted octanol–water partition coefficient (Wildman–Crippen LogP) is 3.03. The lowest BCUT2D eigenvalue weighted by Crippen LogP contribution is -2.42. The molecule has 2 aromatic heterocycles. The quantitative estimate of drug-likeness (QED) is 0.588. The molecule has 1 amide bonds. The number of ether oxygens (including phenoxy) is 1. The van der Waals surface area contributed by atoms with Gasteiger partial charge in [0.1, 0.15) is 22.3 Å². The number of anilines is 1. The van der Waals surface area contributed by atoms with E-state index in [9.17, 15) is 17.6 Å². The number of carbonyl (C=O) groups is 1. The Kier molecular flexibility index (Phi) is 6.31. The molecule has 0 aliphatic carbocycles. The number of morpholine rings is 1. The minimum absolute atomic E-state index is 0.0394. The smallest absolute Gasteiger partial charge is 0.263 e. The van der Waals surface area contributed by atoms with Crippen LogP contribution in [0.15, 0.2) is 40.7 Å². The molecule has 3 aromatic rings. The number of nitrogens with one attached hydrogen (secondary N) is 1. The van der Waals surface area contributed by atoms with E-state index in [1.54, 1.807) is 22.5 Å². The van der Waals surface area contributed by atoms with Crippen LogP contribution in [0.2, 0.25) is 0 Å². The second kappa shape index (κ2) is 9.00. The molecule has 0 atom stereocenters. The van der Waals surface area contributed by atoms with E-state index >= 15 is 0 Å². The first kappa shape index (κ1) is 22.4. The maximum atomic E-state index is 14.1. The van der Waals surface area contributed by atoms with Gasteiger partial charge in [-0.25, -0.2) is 17.8 Å². The minimum Gasteiger partial charge on any atom is -0.378 e. The zero-order valence-corrected chi connectivity index (χ0v) is 19.3. The van der Waals surface area contributed by atoms with Gasteiger partial charge < -0.3 is 14.2 Å². The van der Waals surface area contributed by atoms with E-state index in [1.807, 2.05) is 12.3 Å². The summed E-state index contributed by atoms with van der Waals surface area (Å²) in [7, 11) is -4.09. The second-order valence-corrected chi connectivity index (χ2v) is 10.1. The molecule has 4 rings (SSSR count). The number of amides is 1. The van der Waals surface area contributed by atoms with Crippen molar-refractivity contribution in [1.29, 1.82) is 0 Å². The Morgan fingerprint density at radius 3 is 2.69 bits per heavy atom. The van der Waals surface area contributed by atoms with E-state index in [2.05, 4.69) is 9.71 Å². The molecular formula is C21H23FN4O4S2. The summed E-state index contributed by atoms with van der Waals surface area (Å²) in [6.07, 6.45) is 1.39. The lowest BCUT2D eigenvalue weighted by molar-refractivity contribution is -0.135. The summed E-state index contributed by atoms with van der Waals surface area (Å²) in [5.41, 5.74) is 1.89. The lowest BCUT2D eigenvalue weighted by Gasteiger charge is -2.27. The van der Waals surface area contributed by atoms with Gasteiger partial charge in [0.2, 0.25) is 5.91 Å². The van der Waals surface area contributed by atoms with Crippen LogP contribution in [0.5, 0.6) is 0 Å². The maximum absolute atomic E-state index is 14.1. The lowest BCUT2D eigenvalue weighted by atomic mass is 10.2. The Balaban J connectivity index is 1.68. The van der Waals surface area contributed by atoms with E-state index in [4.69, 9.17) is 4.74 Å².